The van der Waals surface area contributed by atoms with E-state index in [1.807, 2.05) is 62.4 Å². The fourth-order valence-electron chi connectivity index (χ4n) is 3.22. The van der Waals surface area contributed by atoms with Crippen molar-refractivity contribution < 1.29 is 9.59 Å². The van der Waals surface area contributed by atoms with Crippen LogP contribution in [0.2, 0.25) is 0 Å². The Morgan fingerprint density at radius 3 is 2.32 bits per heavy atom. The van der Waals surface area contributed by atoms with Crippen LogP contribution in [-0.4, -0.2) is 29.4 Å². The van der Waals surface area contributed by atoms with Gasteiger partial charge in [0.1, 0.15) is 6.04 Å². The SMILES string of the molecule is Cc1cccc(C)c1NC(=O)C1CCCN1C(=O)Nc1ccccc1. The molecule has 1 unspecified atom stereocenters. The minimum Gasteiger partial charge on any atom is -0.324 e. The number of aryl methyl sites for hydroxylation is 2. The largest absolute Gasteiger partial charge is 0.324 e. The molecular weight excluding hydrogens is 314 g/mol. The summed E-state index contributed by atoms with van der Waals surface area (Å²) < 4.78 is 0. The van der Waals surface area contributed by atoms with Crippen LogP contribution < -0.4 is 10.6 Å². The molecule has 0 spiro atoms. The number of benzene rings is 2. The van der Waals surface area contributed by atoms with Crippen molar-refractivity contribution in [3.63, 3.8) is 0 Å². The van der Waals surface area contributed by atoms with Crippen LogP contribution in [0.4, 0.5) is 16.2 Å². The molecule has 1 heterocycles. The van der Waals surface area contributed by atoms with Gasteiger partial charge in [-0.15, -0.1) is 0 Å². The number of anilines is 2. The second-order valence-corrected chi connectivity index (χ2v) is 6.40. The first-order valence-corrected chi connectivity index (χ1v) is 8.56. The van der Waals surface area contributed by atoms with E-state index in [1.165, 1.54) is 0 Å². The van der Waals surface area contributed by atoms with Crippen LogP contribution >= 0.6 is 0 Å². The summed E-state index contributed by atoms with van der Waals surface area (Å²) in [6, 6.07) is 14.5. The van der Waals surface area contributed by atoms with E-state index in [2.05, 4.69) is 10.6 Å². The molecule has 3 amide bonds. The average molecular weight is 337 g/mol. The zero-order chi connectivity index (χ0) is 17.8. The van der Waals surface area contributed by atoms with E-state index in [-0.39, 0.29) is 11.9 Å². The van der Waals surface area contributed by atoms with Gasteiger partial charge in [0, 0.05) is 17.9 Å². The molecule has 5 nitrogen and oxygen atoms in total. The maximum absolute atomic E-state index is 12.8. The molecule has 2 N–H and O–H groups in total. The molecule has 1 aliphatic rings. The third kappa shape index (κ3) is 3.82. The Balaban J connectivity index is 1.70. The number of para-hydroxylation sites is 2. The highest BCUT2D eigenvalue weighted by atomic mass is 16.2. The number of rotatable bonds is 3. The molecule has 2 aromatic rings. The summed E-state index contributed by atoms with van der Waals surface area (Å²) >= 11 is 0. The number of hydrogen-bond donors (Lipinski definition) is 2. The van der Waals surface area contributed by atoms with Gasteiger partial charge >= 0.3 is 6.03 Å². The lowest BCUT2D eigenvalue weighted by Gasteiger charge is -2.25. The van der Waals surface area contributed by atoms with Gasteiger partial charge in [0.05, 0.1) is 0 Å². The summed E-state index contributed by atoms with van der Waals surface area (Å²) in [6.07, 6.45) is 1.51. The van der Waals surface area contributed by atoms with E-state index < -0.39 is 6.04 Å². The molecule has 1 atom stereocenters. The second kappa shape index (κ2) is 7.38. The monoisotopic (exact) mass is 337 g/mol. The van der Waals surface area contributed by atoms with Gasteiger partial charge in [-0.3, -0.25) is 4.79 Å². The van der Waals surface area contributed by atoms with Crippen molar-refractivity contribution in [2.45, 2.75) is 32.7 Å². The Labute approximate surface area is 148 Å². The highest BCUT2D eigenvalue weighted by Gasteiger charge is 2.34. The minimum atomic E-state index is -0.442. The smallest absolute Gasteiger partial charge is 0.322 e. The third-order valence-electron chi connectivity index (χ3n) is 4.57. The molecule has 3 rings (SSSR count). The van der Waals surface area contributed by atoms with Crippen LogP contribution in [0.5, 0.6) is 0 Å². The zero-order valence-electron chi connectivity index (χ0n) is 14.6. The molecule has 1 saturated heterocycles. The van der Waals surface area contributed by atoms with E-state index in [0.29, 0.717) is 13.0 Å². The Bertz CT molecular complexity index is 754. The summed E-state index contributed by atoms with van der Waals surface area (Å²) in [5, 5.41) is 5.87. The van der Waals surface area contributed by atoms with E-state index >= 15 is 0 Å². The number of likely N-dealkylation sites (tertiary alicyclic amines) is 1. The first-order chi connectivity index (χ1) is 12.1. The van der Waals surface area contributed by atoms with Crippen LogP contribution in [0.25, 0.3) is 0 Å². The van der Waals surface area contributed by atoms with Gasteiger partial charge in [-0.25, -0.2) is 4.79 Å². The average Bonchev–Trinajstić information content (AvgIpc) is 3.09. The molecular formula is C20H23N3O2. The van der Waals surface area contributed by atoms with E-state index in [0.717, 1.165) is 28.9 Å². The van der Waals surface area contributed by atoms with Crippen molar-refractivity contribution in [1.29, 1.82) is 0 Å². The highest BCUT2D eigenvalue weighted by Crippen LogP contribution is 2.24. The van der Waals surface area contributed by atoms with Crippen LogP contribution in [0.3, 0.4) is 0 Å². The third-order valence-corrected chi connectivity index (χ3v) is 4.57. The predicted octanol–water partition coefficient (Wildman–Crippen LogP) is 3.94. The van der Waals surface area contributed by atoms with Gasteiger partial charge in [0.25, 0.3) is 0 Å². The minimum absolute atomic E-state index is 0.127. The van der Waals surface area contributed by atoms with Gasteiger partial charge < -0.3 is 15.5 Å². The van der Waals surface area contributed by atoms with Crippen molar-refractivity contribution in [2.75, 3.05) is 17.2 Å². The first-order valence-electron chi connectivity index (χ1n) is 8.56. The molecule has 25 heavy (non-hydrogen) atoms. The van der Waals surface area contributed by atoms with Crippen molar-refractivity contribution in [3.05, 3.63) is 59.7 Å². The topological polar surface area (TPSA) is 61.4 Å². The molecule has 0 aliphatic carbocycles. The van der Waals surface area contributed by atoms with E-state index in [1.54, 1.807) is 4.90 Å². The Kier molecular flexibility index (Phi) is 5.03. The standard InChI is InChI=1S/C20H23N3O2/c1-14-8-6-9-15(2)18(14)22-19(24)17-12-7-13-23(17)20(25)21-16-10-4-3-5-11-16/h3-6,8-11,17H,7,12-13H2,1-2H3,(H,21,25)(H,22,24). The predicted molar refractivity (Wildman–Crippen MR) is 99.7 cm³/mol. The first kappa shape index (κ1) is 17.0. The fraction of sp³-hybridized carbons (Fsp3) is 0.300. The van der Waals surface area contributed by atoms with Gasteiger partial charge in [0.2, 0.25) is 5.91 Å². The molecule has 1 fully saturated rings. The van der Waals surface area contributed by atoms with E-state index in [9.17, 15) is 9.59 Å². The Morgan fingerprint density at radius 2 is 1.64 bits per heavy atom. The van der Waals surface area contributed by atoms with Crippen LogP contribution in [0.1, 0.15) is 24.0 Å². The summed E-state index contributed by atoms with van der Waals surface area (Å²) in [5.74, 6) is -0.127. The van der Waals surface area contributed by atoms with Crippen LogP contribution in [-0.2, 0) is 4.79 Å². The van der Waals surface area contributed by atoms with Gasteiger partial charge in [0.15, 0.2) is 0 Å². The lowest BCUT2D eigenvalue weighted by molar-refractivity contribution is -0.119. The maximum atomic E-state index is 12.8. The number of amides is 3. The summed E-state index contributed by atoms with van der Waals surface area (Å²) in [6.45, 7) is 4.53. The second-order valence-electron chi connectivity index (χ2n) is 6.40. The molecule has 0 saturated carbocycles. The fourth-order valence-corrected chi connectivity index (χ4v) is 3.22. The Morgan fingerprint density at radius 1 is 0.960 bits per heavy atom. The number of carbonyl (C=O) groups is 2. The van der Waals surface area contributed by atoms with Gasteiger partial charge in [-0.05, 0) is 49.9 Å². The Hall–Kier alpha value is -2.82. The van der Waals surface area contributed by atoms with Crippen LogP contribution in [0.15, 0.2) is 48.5 Å². The number of urea groups is 1. The quantitative estimate of drug-likeness (QED) is 0.891. The van der Waals surface area contributed by atoms with Crippen molar-refractivity contribution in [1.82, 2.24) is 4.90 Å². The zero-order valence-corrected chi connectivity index (χ0v) is 14.6. The molecule has 2 aromatic carbocycles. The molecule has 5 heteroatoms. The molecule has 0 bridgehead atoms. The summed E-state index contributed by atoms with van der Waals surface area (Å²) in [4.78, 5) is 26.9. The van der Waals surface area contributed by atoms with E-state index in [4.69, 9.17) is 0 Å². The van der Waals surface area contributed by atoms with Crippen molar-refractivity contribution >= 4 is 23.3 Å². The molecule has 1 aliphatic heterocycles. The normalized spacial score (nSPS) is 16.6. The number of carbonyl (C=O) groups excluding carboxylic acids is 2. The molecule has 0 aromatic heterocycles. The highest BCUT2D eigenvalue weighted by molar-refractivity contribution is 6.00. The van der Waals surface area contributed by atoms with Crippen molar-refractivity contribution in [2.24, 2.45) is 0 Å². The summed E-state index contributed by atoms with van der Waals surface area (Å²) in [5.41, 5.74) is 3.61. The lowest BCUT2D eigenvalue weighted by Crippen LogP contribution is -2.45. The van der Waals surface area contributed by atoms with Gasteiger partial charge in [-0.1, -0.05) is 36.4 Å². The molecule has 130 valence electrons. The lowest BCUT2D eigenvalue weighted by atomic mass is 10.1. The molecule has 0 radical (unpaired) electrons. The van der Waals surface area contributed by atoms with Crippen molar-refractivity contribution in [3.8, 4) is 0 Å². The number of nitrogens with one attached hydrogen (secondary N) is 2. The van der Waals surface area contributed by atoms with Crippen LogP contribution in [0, 0.1) is 13.8 Å². The maximum Gasteiger partial charge on any atom is 0.322 e. The number of nitrogens with zero attached hydrogens (tertiary/aromatic N) is 1. The number of hydrogen-bond acceptors (Lipinski definition) is 2. The summed E-state index contributed by atoms with van der Waals surface area (Å²) in [7, 11) is 0. The van der Waals surface area contributed by atoms with Gasteiger partial charge in [-0.2, -0.15) is 0 Å².